The Kier molecular flexibility index (Phi) is 7.37. The number of nitrogens with one attached hydrogen (secondary N) is 1. The number of anilines is 1. The fourth-order valence-electron chi connectivity index (χ4n) is 4.56. The average molecular weight is 587 g/mol. The van der Waals surface area contributed by atoms with Gasteiger partial charge in [0.1, 0.15) is 28.8 Å². The third-order valence-corrected chi connectivity index (χ3v) is 7.91. The lowest BCUT2D eigenvalue weighted by atomic mass is 10.1. The van der Waals surface area contributed by atoms with Gasteiger partial charge in [0.15, 0.2) is 0 Å². The Morgan fingerprint density at radius 3 is 2.38 bits per heavy atom. The first-order chi connectivity index (χ1) is 18.5. The molecule has 12 heteroatoms. The minimum Gasteiger partial charge on any atom is -0.377 e. The minimum absolute atomic E-state index is 0.0925. The van der Waals surface area contributed by atoms with Crippen LogP contribution in [0.4, 0.5) is 14.5 Å². The summed E-state index contributed by atoms with van der Waals surface area (Å²) in [5.41, 5.74) is 3.02. The molecule has 200 valence electrons. The molecule has 5 aromatic rings. The van der Waals surface area contributed by atoms with Crippen molar-refractivity contribution in [1.82, 2.24) is 24.1 Å². The van der Waals surface area contributed by atoms with Gasteiger partial charge in [-0.1, -0.05) is 35.0 Å². The minimum atomic E-state index is -0.698. The van der Waals surface area contributed by atoms with Crippen molar-refractivity contribution < 1.29 is 8.78 Å². The topological polar surface area (TPSA) is 77.1 Å². The van der Waals surface area contributed by atoms with Crippen LogP contribution in [0.15, 0.2) is 63.5 Å². The van der Waals surface area contributed by atoms with Gasteiger partial charge in [0, 0.05) is 29.3 Å². The molecule has 5 rings (SSSR count). The van der Waals surface area contributed by atoms with E-state index >= 15 is 0 Å². The zero-order valence-electron chi connectivity index (χ0n) is 21.3. The summed E-state index contributed by atoms with van der Waals surface area (Å²) < 4.78 is 30.8. The maximum atomic E-state index is 14.1. The number of aryl methyl sites for hydroxylation is 2. The van der Waals surface area contributed by atoms with Gasteiger partial charge in [-0.3, -0.25) is 4.79 Å². The normalized spacial score (nSPS) is 12.2. The molecule has 39 heavy (non-hydrogen) atoms. The average Bonchev–Trinajstić information content (AvgIpc) is 3.12. The Labute approximate surface area is 236 Å². The highest BCUT2D eigenvalue weighted by Crippen LogP contribution is 2.39. The van der Waals surface area contributed by atoms with Gasteiger partial charge in [0.05, 0.1) is 38.6 Å². The molecule has 0 radical (unpaired) electrons. The third-order valence-electron chi connectivity index (χ3n) is 6.33. The van der Waals surface area contributed by atoms with Gasteiger partial charge in [-0.05, 0) is 57.2 Å². The van der Waals surface area contributed by atoms with E-state index in [0.29, 0.717) is 21.8 Å². The molecule has 0 aliphatic rings. The number of hydrogen-bond acceptors (Lipinski definition) is 6. The van der Waals surface area contributed by atoms with Crippen molar-refractivity contribution in [2.45, 2.75) is 36.7 Å². The molecule has 0 saturated carbocycles. The van der Waals surface area contributed by atoms with Crippen molar-refractivity contribution in [3.63, 3.8) is 0 Å². The van der Waals surface area contributed by atoms with Crippen LogP contribution >= 0.6 is 35.0 Å². The number of hydrogen-bond donors (Lipinski definition) is 1. The number of nitrogens with zero attached hydrogens (tertiary/aromatic N) is 5. The lowest BCUT2D eigenvalue weighted by Gasteiger charge is -2.19. The van der Waals surface area contributed by atoms with Gasteiger partial charge in [0.2, 0.25) is 0 Å². The Morgan fingerprint density at radius 2 is 1.74 bits per heavy atom. The van der Waals surface area contributed by atoms with Crippen LogP contribution in [-0.2, 0) is 7.05 Å². The van der Waals surface area contributed by atoms with Crippen LogP contribution in [0.5, 0.6) is 0 Å². The van der Waals surface area contributed by atoms with Gasteiger partial charge in [0.25, 0.3) is 5.56 Å². The summed E-state index contributed by atoms with van der Waals surface area (Å²) in [7, 11) is 1.96. The molecule has 3 heterocycles. The predicted octanol–water partition coefficient (Wildman–Crippen LogP) is 7.02. The number of fused-ring (bicyclic) bond motifs is 1. The quantitative estimate of drug-likeness (QED) is 0.230. The van der Waals surface area contributed by atoms with E-state index in [4.69, 9.17) is 23.2 Å². The fraction of sp³-hybridized carbons (Fsp3) is 0.185. The lowest BCUT2D eigenvalue weighted by molar-refractivity contribution is 0.565. The monoisotopic (exact) mass is 586 g/mol. The SMILES string of the molecule is Cc1nc(C)n(C)c1C(C)Nc1cc(Cl)c(-c2c(=O)ncn3nc(Sc4ccc(F)cc4F)ccc23)c(Cl)c1. The van der Waals surface area contributed by atoms with Crippen molar-refractivity contribution in [2.24, 2.45) is 7.05 Å². The molecule has 0 amide bonds. The highest BCUT2D eigenvalue weighted by molar-refractivity contribution is 7.99. The fourth-order valence-corrected chi connectivity index (χ4v) is 6.02. The van der Waals surface area contributed by atoms with E-state index in [1.165, 1.54) is 23.0 Å². The Bertz CT molecular complexity index is 1780. The Morgan fingerprint density at radius 1 is 1.03 bits per heavy atom. The van der Waals surface area contributed by atoms with Gasteiger partial charge in [-0.15, -0.1) is 0 Å². The second-order valence-corrected chi connectivity index (χ2v) is 10.8. The largest absolute Gasteiger partial charge is 0.377 e. The van der Waals surface area contributed by atoms with E-state index in [2.05, 4.69) is 20.4 Å². The first kappa shape index (κ1) is 27.1. The van der Waals surface area contributed by atoms with Crippen LogP contribution in [0, 0.1) is 25.5 Å². The number of halogens is 4. The maximum Gasteiger partial charge on any atom is 0.281 e. The van der Waals surface area contributed by atoms with Crippen LogP contribution < -0.4 is 10.9 Å². The molecule has 2 aromatic carbocycles. The van der Waals surface area contributed by atoms with E-state index < -0.39 is 17.2 Å². The molecule has 0 aliphatic heterocycles. The van der Waals surface area contributed by atoms with Crippen molar-refractivity contribution >= 4 is 46.2 Å². The molecule has 1 N–H and O–H groups in total. The molecule has 0 fully saturated rings. The van der Waals surface area contributed by atoms with E-state index in [1.54, 1.807) is 24.3 Å². The van der Waals surface area contributed by atoms with Crippen LogP contribution in [0.25, 0.3) is 16.6 Å². The summed E-state index contributed by atoms with van der Waals surface area (Å²) in [4.78, 5) is 21.6. The second-order valence-electron chi connectivity index (χ2n) is 8.97. The van der Waals surface area contributed by atoms with Crippen molar-refractivity contribution in [3.05, 3.63) is 98.0 Å². The van der Waals surface area contributed by atoms with E-state index in [9.17, 15) is 13.6 Å². The Hall–Kier alpha value is -3.47. The number of aromatic nitrogens is 5. The highest BCUT2D eigenvalue weighted by Gasteiger charge is 2.21. The molecular weight excluding hydrogens is 565 g/mol. The van der Waals surface area contributed by atoms with Gasteiger partial charge in [-0.2, -0.15) is 10.1 Å². The van der Waals surface area contributed by atoms with Crippen molar-refractivity contribution in [1.29, 1.82) is 0 Å². The predicted molar refractivity (Wildman–Crippen MR) is 150 cm³/mol. The standard InChI is InChI=1S/C27H22Cl2F2N6OS/c1-13-26(36(4)15(3)33-13)14(2)34-17-10-18(28)24(19(29)11-17)25-21-6-8-23(35-37(21)12-32-27(25)38)39-22-7-5-16(30)9-20(22)31/h5-12,14,34H,1-4H3. The zero-order chi connectivity index (χ0) is 28.0. The van der Waals surface area contributed by atoms with Crippen LogP contribution in [0.1, 0.15) is 30.2 Å². The smallest absolute Gasteiger partial charge is 0.281 e. The molecular formula is C27H22Cl2F2N6OS. The molecule has 3 aromatic heterocycles. The number of rotatable bonds is 6. The van der Waals surface area contributed by atoms with E-state index in [-0.39, 0.29) is 26.5 Å². The summed E-state index contributed by atoms with van der Waals surface area (Å²) in [5, 5.41) is 8.78. The van der Waals surface area contributed by atoms with Gasteiger partial charge in [-0.25, -0.2) is 18.3 Å². The summed E-state index contributed by atoms with van der Waals surface area (Å²) >= 11 is 14.4. The summed E-state index contributed by atoms with van der Waals surface area (Å²) in [6.45, 7) is 5.91. The molecule has 0 bridgehead atoms. The van der Waals surface area contributed by atoms with Gasteiger partial charge >= 0.3 is 0 Å². The molecule has 7 nitrogen and oxygen atoms in total. The Balaban J connectivity index is 1.51. The molecule has 1 unspecified atom stereocenters. The summed E-state index contributed by atoms with van der Waals surface area (Å²) in [5.74, 6) is -0.457. The zero-order valence-corrected chi connectivity index (χ0v) is 23.6. The molecule has 0 aliphatic carbocycles. The molecule has 0 spiro atoms. The number of benzene rings is 2. The van der Waals surface area contributed by atoms with Crippen molar-refractivity contribution in [2.75, 3.05) is 5.32 Å². The van der Waals surface area contributed by atoms with Crippen LogP contribution in [0.3, 0.4) is 0 Å². The van der Waals surface area contributed by atoms with Crippen LogP contribution in [-0.4, -0.2) is 24.1 Å². The van der Waals surface area contributed by atoms with Crippen molar-refractivity contribution in [3.8, 4) is 11.1 Å². The maximum absolute atomic E-state index is 14.1. The molecule has 1 atom stereocenters. The van der Waals surface area contributed by atoms with E-state index in [1.807, 2.05) is 32.4 Å². The van der Waals surface area contributed by atoms with E-state index in [0.717, 1.165) is 35.0 Å². The first-order valence-corrected chi connectivity index (χ1v) is 13.4. The third kappa shape index (κ3) is 5.24. The summed E-state index contributed by atoms with van der Waals surface area (Å²) in [6.07, 6.45) is 1.27. The molecule has 0 saturated heterocycles. The lowest BCUT2D eigenvalue weighted by Crippen LogP contribution is -2.15. The first-order valence-electron chi connectivity index (χ1n) is 11.8. The van der Waals surface area contributed by atoms with Crippen LogP contribution in [0.2, 0.25) is 10.0 Å². The highest BCUT2D eigenvalue weighted by atomic mass is 35.5. The second kappa shape index (κ2) is 10.6. The summed E-state index contributed by atoms with van der Waals surface area (Å²) in [6, 6.07) is 9.92. The number of imidazole rings is 1. The van der Waals surface area contributed by atoms with Gasteiger partial charge < -0.3 is 9.88 Å².